The monoisotopic (exact) mass is 400 g/mol. The van der Waals surface area contributed by atoms with E-state index in [2.05, 4.69) is 9.97 Å². The van der Waals surface area contributed by atoms with Gasteiger partial charge in [-0.1, -0.05) is 41.9 Å². The van der Waals surface area contributed by atoms with Crippen LogP contribution in [0.25, 0.3) is 28.1 Å². The Bertz CT molecular complexity index is 1310. The Kier molecular flexibility index (Phi) is 5.10. The summed E-state index contributed by atoms with van der Waals surface area (Å²) < 4.78 is 0. The summed E-state index contributed by atoms with van der Waals surface area (Å²) in [5.74, 6) is -0.393. The number of nitrogens with one attached hydrogen (secondary N) is 1. The maximum absolute atomic E-state index is 13.1. The van der Waals surface area contributed by atoms with Gasteiger partial charge in [0, 0.05) is 27.7 Å². The van der Waals surface area contributed by atoms with Crippen molar-refractivity contribution in [2.24, 2.45) is 0 Å². The van der Waals surface area contributed by atoms with Crippen molar-refractivity contribution in [3.63, 3.8) is 0 Å². The van der Waals surface area contributed by atoms with Gasteiger partial charge in [-0.05, 0) is 60.5 Å². The van der Waals surface area contributed by atoms with Gasteiger partial charge in [-0.15, -0.1) is 0 Å². The largest absolute Gasteiger partial charge is 0.321 e. The van der Waals surface area contributed by atoms with Crippen molar-refractivity contribution in [3.8, 4) is 11.1 Å². The standard InChI is InChI=1S/C24H17ClN2O2/c1-15-11-12-26-18(13-15)8-10-21(28)23-22(16-5-3-2-4-6-16)19-14-17(25)7-9-20(19)27-24(23)29/h2-14H,1H3,(H,27,29)/b10-8+. The molecule has 4 rings (SSSR count). The molecule has 0 spiro atoms. The third kappa shape index (κ3) is 3.89. The zero-order chi connectivity index (χ0) is 20.4. The van der Waals surface area contributed by atoms with E-state index in [0.717, 1.165) is 11.1 Å². The molecule has 2 aromatic carbocycles. The fourth-order valence-corrected chi connectivity index (χ4v) is 3.47. The number of aromatic nitrogens is 2. The van der Waals surface area contributed by atoms with E-state index in [1.807, 2.05) is 49.4 Å². The van der Waals surface area contributed by atoms with Crippen LogP contribution >= 0.6 is 11.6 Å². The number of hydrogen-bond acceptors (Lipinski definition) is 3. The molecular weight excluding hydrogens is 384 g/mol. The number of carbonyl (C=O) groups excluding carboxylic acids is 1. The van der Waals surface area contributed by atoms with Crippen molar-refractivity contribution in [1.82, 2.24) is 9.97 Å². The van der Waals surface area contributed by atoms with Gasteiger partial charge in [0.1, 0.15) is 0 Å². The van der Waals surface area contributed by atoms with Gasteiger partial charge in [0.2, 0.25) is 0 Å². The lowest BCUT2D eigenvalue weighted by atomic mass is 9.94. The highest BCUT2D eigenvalue weighted by Crippen LogP contribution is 2.31. The molecule has 0 atom stereocenters. The number of ketones is 1. The van der Waals surface area contributed by atoms with E-state index in [0.29, 0.717) is 27.2 Å². The van der Waals surface area contributed by atoms with Crippen molar-refractivity contribution in [2.45, 2.75) is 6.92 Å². The lowest BCUT2D eigenvalue weighted by Crippen LogP contribution is -2.18. The first kappa shape index (κ1) is 18.8. The summed E-state index contributed by atoms with van der Waals surface area (Å²) >= 11 is 6.21. The second-order valence-corrected chi connectivity index (χ2v) is 7.15. The van der Waals surface area contributed by atoms with Crippen molar-refractivity contribution >= 4 is 34.4 Å². The Morgan fingerprint density at radius 2 is 1.86 bits per heavy atom. The minimum Gasteiger partial charge on any atom is -0.321 e. The van der Waals surface area contributed by atoms with Crippen LogP contribution in [0.2, 0.25) is 5.02 Å². The number of benzene rings is 2. The third-order valence-electron chi connectivity index (χ3n) is 4.63. The van der Waals surface area contributed by atoms with Gasteiger partial charge in [0.15, 0.2) is 5.78 Å². The number of carbonyl (C=O) groups is 1. The average molecular weight is 401 g/mol. The molecule has 0 bridgehead atoms. The predicted molar refractivity (Wildman–Crippen MR) is 117 cm³/mol. The number of aryl methyl sites for hydroxylation is 1. The minimum atomic E-state index is -0.439. The fourth-order valence-electron chi connectivity index (χ4n) is 3.30. The summed E-state index contributed by atoms with van der Waals surface area (Å²) in [4.78, 5) is 33.0. The molecule has 4 nitrogen and oxygen atoms in total. The quantitative estimate of drug-likeness (QED) is 0.366. The van der Waals surface area contributed by atoms with Gasteiger partial charge in [-0.25, -0.2) is 0 Å². The van der Waals surface area contributed by atoms with Crippen LogP contribution in [0, 0.1) is 6.92 Å². The number of nitrogens with zero attached hydrogens (tertiary/aromatic N) is 1. The first-order valence-corrected chi connectivity index (χ1v) is 9.47. The van der Waals surface area contributed by atoms with Gasteiger partial charge >= 0.3 is 0 Å². The van der Waals surface area contributed by atoms with Gasteiger partial charge in [0.25, 0.3) is 5.56 Å². The molecule has 0 amide bonds. The molecule has 2 aromatic heterocycles. The molecule has 0 aliphatic rings. The number of aromatic amines is 1. The molecule has 4 aromatic rings. The zero-order valence-electron chi connectivity index (χ0n) is 15.6. The topological polar surface area (TPSA) is 62.8 Å². The molecule has 0 aliphatic carbocycles. The number of allylic oxidation sites excluding steroid dienone is 1. The first-order chi connectivity index (χ1) is 14.0. The normalized spacial score (nSPS) is 11.2. The fraction of sp³-hybridized carbons (Fsp3) is 0.0417. The lowest BCUT2D eigenvalue weighted by molar-refractivity contribution is 0.104. The Morgan fingerprint density at radius 1 is 1.07 bits per heavy atom. The van der Waals surface area contributed by atoms with Gasteiger partial charge in [0.05, 0.1) is 11.3 Å². The summed E-state index contributed by atoms with van der Waals surface area (Å²) in [5.41, 5.74) is 3.30. The molecule has 0 saturated carbocycles. The van der Waals surface area contributed by atoms with Crippen LogP contribution in [0.15, 0.2) is 77.7 Å². The smallest absolute Gasteiger partial charge is 0.260 e. The number of H-pyrrole nitrogens is 1. The highest BCUT2D eigenvalue weighted by molar-refractivity contribution is 6.31. The minimum absolute atomic E-state index is 0.0786. The summed E-state index contributed by atoms with van der Waals surface area (Å²) in [5, 5.41) is 1.24. The van der Waals surface area contributed by atoms with Crippen LogP contribution < -0.4 is 5.56 Å². The third-order valence-corrected chi connectivity index (χ3v) is 4.86. The van der Waals surface area contributed by atoms with Crippen molar-refractivity contribution in [3.05, 3.63) is 105 Å². The van der Waals surface area contributed by atoms with Gasteiger partial charge in [-0.2, -0.15) is 0 Å². The van der Waals surface area contributed by atoms with Crippen molar-refractivity contribution in [2.75, 3.05) is 0 Å². The van der Waals surface area contributed by atoms with Crippen LogP contribution in [-0.4, -0.2) is 15.8 Å². The number of fused-ring (bicyclic) bond motifs is 1. The van der Waals surface area contributed by atoms with Crippen LogP contribution in [0.5, 0.6) is 0 Å². The molecule has 1 N–H and O–H groups in total. The molecule has 0 saturated heterocycles. The lowest BCUT2D eigenvalue weighted by Gasteiger charge is -2.11. The molecule has 2 heterocycles. The van der Waals surface area contributed by atoms with E-state index in [-0.39, 0.29) is 5.56 Å². The van der Waals surface area contributed by atoms with Crippen molar-refractivity contribution in [1.29, 1.82) is 0 Å². The van der Waals surface area contributed by atoms with E-state index < -0.39 is 11.3 Å². The Hall–Kier alpha value is -3.50. The molecule has 5 heteroatoms. The van der Waals surface area contributed by atoms with Crippen LogP contribution in [0.3, 0.4) is 0 Å². The Balaban J connectivity index is 1.92. The second kappa shape index (κ2) is 7.86. The maximum atomic E-state index is 13.1. The highest BCUT2D eigenvalue weighted by atomic mass is 35.5. The highest BCUT2D eigenvalue weighted by Gasteiger charge is 2.19. The molecule has 0 fully saturated rings. The van der Waals surface area contributed by atoms with Crippen molar-refractivity contribution < 1.29 is 4.79 Å². The van der Waals surface area contributed by atoms with E-state index in [1.54, 1.807) is 30.5 Å². The van der Waals surface area contributed by atoms with Crippen LogP contribution in [0.4, 0.5) is 0 Å². The number of rotatable bonds is 4. The Morgan fingerprint density at radius 3 is 2.62 bits per heavy atom. The maximum Gasteiger partial charge on any atom is 0.260 e. The van der Waals surface area contributed by atoms with E-state index >= 15 is 0 Å². The zero-order valence-corrected chi connectivity index (χ0v) is 16.4. The molecule has 0 radical (unpaired) electrons. The second-order valence-electron chi connectivity index (χ2n) is 6.72. The van der Waals surface area contributed by atoms with E-state index in [9.17, 15) is 9.59 Å². The predicted octanol–water partition coefficient (Wildman–Crippen LogP) is 5.45. The number of hydrogen-bond donors (Lipinski definition) is 1. The van der Waals surface area contributed by atoms with E-state index in [4.69, 9.17) is 11.6 Å². The molecule has 0 aliphatic heterocycles. The number of pyridine rings is 2. The summed E-state index contributed by atoms with van der Waals surface area (Å²) in [7, 11) is 0. The summed E-state index contributed by atoms with van der Waals surface area (Å²) in [6, 6.07) is 18.3. The van der Waals surface area contributed by atoms with Gasteiger partial charge < -0.3 is 4.98 Å². The SMILES string of the molecule is Cc1ccnc(/C=C/C(=O)c2c(-c3ccccc3)c3cc(Cl)ccc3[nH]c2=O)c1. The molecular formula is C24H17ClN2O2. The number of halogens is 1. The molecule has 29 heavy (non-hydrogen) atoms. The molecule has 0 unspecified atom stereocenters. The van der Waals surface area contributed by atoms with Crippen LogP contribution in [0.1, 0.15) is 21.6 Å². The Labute approximate surface area is 172 Å². The summed E-state index contributed by atoms with van der Waals surface area (Å²) in [6.07, 6.45) is 4.68. The molecule has 142 valence electrons. The first-order valence-electron chi connectivity index (χ1n) is 9.09. The van der Waals surface area contributed by atoms with Crippen LogP contribution in [-0.2, 0) is 0 Å². The summed E-state index contributed by atoms with van der Waals surface area (Å²) in [6.45, 7) is 1.95. The van der Waals surface area contributed by atoms with Gasteiger partial charge in [-0.3, -0.25) is 14.6 Å². The van der Waals surface area contributed by atoms with E-state index in [1.165, 1.54) is 6.08 Å². The average Bonchev–Trinajstić information content (AvgIpc) is 2.72.